The first-order chi connectivity index (χ1) is 19.2. The zero-order valence-electron chi connectivity index (χ0n) is 22.5. The summed E-state index contributed by atoms with van der Waals surface area (Å²) in [5.74, 6) is -1.13. The lowest BCUT2D eigenvalue weighted by Crippen LogP contribution is -2.35. The Morgan fingerprint density at radius 1 is 0.975 bits per heavy atom. The molecule has 1 saturated heterocycles. The second-order valence-corrected chi connectivity index (χ2v) is 11.0. The van der Waals surface area contributed by atoms with Crippen molar-refractivity contribution in [2.24, 2.45) is 11.8 Å². The summed E-state index contributed by atoms with van der Waals surface area (Å²) < 4.78 is 5.92. The first-order valence-electron chi connectivity index (χ1n) is 13.5. The molecule has 3 aromatic rings. The fourth-order valence-corrected chi connectivity index (χ4v) is 5.55. The fourth-order valence-electron chi connectivity index (χ4n) is 5.43. The number of halogens is 1. The van der Waals surface area contributed by atoms with E-state index in [-0.39, 0.29) is 46.8 Å². The molecule has 2 aliphatic rings. The maximum Gasteiger partial charge on any atom is 0.294 e. The van der Waals surface area contributed by atoms with Crippen LogP contribution in [-0.4, -0.2) is 65.6 Å². The molecule has 0 unspecified atom stereocenters. The summed E-state index contributed by atoms with van der Waals surface area (Å²) in [6, 6.07) is 8.13. The van der Waals surface area contributed by atoms with Crippen molar-refractivity contribution in [3.05, 3.63) is 52.9 Å². The van der Waals surface area contributed by atoms with Crippen molar-refractivity contribution in [1.82, 2.24) is 14.8 Å². The van der Waals surface area contributed by atoms with Gasteiger partial charge in [0.2, 0.25) is 17.6 Å². The molecule has 40 heavy (non-hydrogen) atoms. The van der Waals surface area contributed by atoms with Gasteiger partial charge in [0.15, 0.2) is 0 Å². The molecule has 0 radical (unpaired) electrons. The summed E-state index contributed by atoms with van der Waals surface area (Å²) in [4.78, 5) is 59.7. The van der Waals surface area contributed by atoms with Crippen LogP contribution < -0.4 is 10.6 Å². The van der Waals surface area contributed by atoms with Gasteiger partial charge in [-0.2, -0.15) is 0 Å². The highest BCUT2D eigenvalue weighted by molar-refractivity contribution is 6.30. The van der Waals surface area contributed by atoms with Gasteiger partial charge in [0.1, 0.15) is 17.1 Å². The molecular weight excluding hydrogens is 534 g/mol. The minimum Gasteiger partial charge on any atom is -0.449 e. The van der Waals surface area contributed by atoms with Gasteiger partial charge in [0.05, 0.1) is 5.02 Å². The molecule has 2 fully saturated rings. The van der Waals surface area contributed by atoms with Crippen molar-refractivity contribution in [2.75, 3.05) is 37.8 Å². The Hall–Kier alpha value is -3.92. The third-order valence-electron chi connectivity index (χ3n) is 7.64. The minimum atomic E-state index is -0.603. The molecule has 2 aromatic heterocycles. The molecule has 0 spiro atoms. The number of anilines is 2. The Labute approximate surface area is 237 Å². The molecule has 5 rings (SSSR count). The summed E-state index contributed by atoms with van der Waals surface area (Å²) in [6.45, 7) is 1.40. The molecule has 1 saturated carbocycles. The van der Waals surface area contributed by atoms with Crippen LogP contribution in [0.2, 0.25) is 5.02 Å². The van der Waals surface area contributed by atoms with E-state index in [2.05, 4.69) is 15.6 Å². The minimum absolute atomic E-state index is 0.0738. The van der Waals surface area contributed by atoms with Crippen molar-refractivity contribution in [1.29, 1.82) is 0 Å². The molecule has 11 heteroatoms. The summed E-state index contributed by atoms with van der Waals surface area (Å²) >= 11 is 5.91. The van der Waals surface area contributed by atoms with Gasteiger partial charge >= 0.3 is 0 Å². The van der Waals surface area contributed by atoms with Crippen molar-refractivity contribution in [3.63, 3.8) is 0 Å². The van der Waals surface area contributed by atoms with Crippen LogP contribution in [0.1, 0.15) is 59.4 Å². The number of carbonyl (C=O) groups is 4. The third-order valence-corrected chi connectivity index (χ3v) is 7.86. The number of carbonyl (C=O) groups excluding carboxylic acids is 4. The van der Waals surface area contributed by atoms with Crippen molar-refractivity contribution in [2.45, 2.75) is 38.5 Å². The lowest BCUT2D eigenvalue weighted by Gasteiger charge is -2.28. The van der Waals surface area contributed by atoms with Crippen molar-refractivity contribution in [3.8, 4) is 0 Å². The molecule has 0 atom stereocenters. The Morgan fingerprint density at radius 2 is 1.68 bits per heavy atom. The van der Waals surface area contributed by atoms with Crippen LogP contribution in [0, 0.1) is 11.8 Å². The number of benzene rings is 1. The summed E-state index contributed by atoms with van der Waals surface area (Å²) in [7, 11) is 3.47. The number of fused-ring (bicyclic) bond motifs is 1. The topological polar surface area (TPSA) is 125 Å². The van der Waals surface area contributed by atoms with E-state index in [1.807, 2.05) is 0 Å². The molecule has 4 amide bonds. The standard InChI is InChI=1S/C29H32ClN5O5/c1-34(2)28(38)18-7-5-17(6-8-18)26(36)33-24-21-15-19(29(39)35-13-3-4-14-35)9-11-22(21)40-25(24)27(37)32-23-12-10-20(30)16-31-23/h9-12,15-18H,3-8,13-14H2,1-2H3,(H,33,36)(H,31,32,37)/t17-,18-. The Morgan fingerprint density at radius 3 is 2.33 bits per heavy atom. The van der Waals surface area contributed by atoms with Crippen molar-refractivity contribution >= 4 is 57.7 Å². The van der Waals surface area contributed by atoms with Crippen LogP contribution in [0.15, 0.2) is 40.9 Å². The summed E-state index contributed by atoms with van der Waals surface area (Å²) in [5.41, 5.74) is 1.02. The second kappa shape index (κ2) is 11.7. The molecule has 210 valence electrons. The average molecular weight is 566 g/mol. The van der Waals surface area contributed by atoms with Crippen LogP contribution in [0.4, 0.5) is 11.5 Å². The van der Waals surface area contributed by atoms with E-state index < -0.39 is 5.91 Å². The lowest BCUT2D eigenvalue weighted by atomic mass is 9.81. The highest BCUT2D eigenvalue weighted by Gasteiger charge is 2.32. The van der Waals surface area contributed by atoms with E-state index in [9.17, 15) is 19.2 Å². The van der Waals surface area contributed by atoms with E-state index >= 15 is 0 Å². The van der Waals surface area contributed by atoms with Crippen molar-refractivity contribution < 1.29 is 23.6 Å². The van der Waals surface area contributed by atoms with Gasteiger partial charge in [-0.25, -0.2) is 4.98 Å². The molecule has 3 heterocycles. The smallest absolute Gasteiger partial charge is 0.294 e. The van der Waals surface area contributed by atoms with Crippen LogP contribution in [-0.2, 0) is 9.59 Å². The molecular formula is C29H32ClN5O5. The predicted octanol–water partition coefficient (Wildman–Crippen LogP) is 4.80. The lowest BCUT2D eigenvalue weighted by molar-refractivity contribution is -0.135. The number of amides is 4. The number of nitrogens with one attached hydrogen (secondary N) is 2. The number of rotatable bonds is 6. The number of hydrogen-bond acceptors (Lipinski definition) is 6. The van der Waals surface area contributed by atoms with Gasteiger partial charge < -0.3 is 24.9 Å². The Balaban J connectivity index is 1.43. The zero-order valence-corrected chi connectivity index (χ0v) is 23.3. The SMILES string of the molecule is CN(C)C(=O)[C@H]1CC[C@H](C(=O)Nc2c(C(=O)Nc3ccc(Cl)cn3)oc3ccc(C(=O)N4CCCC4)cc23)CC1. The van der Waals surface area contributed by atoms with Gasteiger partial charge in [-0.05, 0) is 68.9 Å². The number of likely N-dealkylation sites (tertiary alicyclic amines) is 1. The van der Waals surface area contributed by atoms with E-state index in [1.165, 1.54) is 6.20 Å². The molecule has 1 aromatic carbocycles. The number of aromatic nitrogens is 1. The van der Waals surface area contributed by atoms with Crippen LogP contribution >= 0.6 is 11.6 Å². The van der Waals surface area contributed by atoms with Gasteiger partial charge in [-0.3, -0.25) is 19.2 Å². The van der Waals surface area contributed by atoms with E-state index in [0.29, 0.717) is 60.3 Å². The highest BCUT2D eigenvalue weighted by Crippen LogP contribution is 2.35. The molecule has 1 aliphatic carbocycles. The summed E-state index contributed by atoms with van der Waals surface area (Å²) in [5, 5.41) is 6.49. The molecule has 1 aliphatic heterocycles. The molecule has 10 nitrogen and oxygen atoms in total. The normalized spacial score (nSPS) is 18.9. The van der Waals surface area contributed by atoms with Gasteiger partial charge in [0.25, 0.3) is 11.8 Å². The first kappa shape index (κ1) is 27.6. The fraction of sp³-hybridized carbons (Fsp3) is 0.414. The second-order valence-electron chi connectivity index (χ2n) is 10.6. The number of nitrogens with zero attached hydrogens (tertiary/aromatic N) is 3. The Bertz CT molecular complexity index is 1440. The van der Waals surface area contributed by atoms with Gasteiger partial charge in [-0.1, -0.05) is 11.6 Å². The number of furan rings is 1. The highest BCUT2D eigenvalue weighted by atomic mass is 35.5. The van der Waals surface area contributed by atoms with E-state index in [1.54, 1.807) is 54.2 Å². The van der Waals surface area contributed by atoms with Gasteiger partial charge in [-0.15, -0.1) is 0 Å². The largest absolute Gasteiger partial charge is 0.449 e. The number of pyridine rings is 1. The maximum atomic E-state index is 13.4. The quantitative estimate of drug-likeness (QED) is 0.442. The van der Waals surface area contributed by atoms with Crippen LogP contribution in [0.5, 0.6) is 0 Å². The predicted molar refractivity (Wildman–Crippen MR) is 151 cm³/mol. The monoisotopic (exact) mass is 565 g/mol. The molecule has 2 N–H and O–H groups in total. The van der Waals surface area contributed by atoms with E-state index in [4.69, 9.17) is 16.0 Å². The molecule has 0 bridgehead atoms. The van der Waals surface area contributed by atoms with Crippen LogP contribution in [0.25, 0.3) is 11.0 Å². The summed E-state index contributed by atoms with van der Waals surface area (Å²) in [6.07, 6.45) is 5.68. The van der Waals surface area contributed by atoms with Crippen LogP contribution in [0.3, 0.4) is 0 Å². The van der Waals surface area contributed by atoms with Gasteiger partial charge in [0, 0.05) is 56.2 Å². The van der Waals surface area contributed by atoms with E-state index in [0.717, 1.165) is 12.8 Å². The third kappa shape index (κ3) is 5.82. The number of hydrogen-bond donors (Lipinski definition) is 2. The zero-order chi connectivity index (χ0) is 28.4. The maximum absolute atomic E-state index is 13.4. The average Bonchev–Trinajstić information content (AvgIpc) is 3.62. The first-order valence-corrected chi connectivity index (χ1v) is 13.9. The Kier molecular flexibility index (Phi) is 8.07.